The van der Waals surface area contributed by atoms with Gasteiger partial charge in [-0.1, -0.05) is 13.3 Å². The van der Waals surface area contributed by atoms with Crippen LogP contribution in [-0.4, -0.2) is 19.0 Å². The Morgan fingerprint density at radius 2 is 1.88 bits per heavy atom. The Balaban J connectivity index is 2.12. The van der Waals surface area contributed by atoms with E-state index in [0.29, 0.717) is 13.2 Å². The first-order chi connectivity index (χ1) is 7.81. The smallest absolute Gasteiger partial charge is 0.162 e. The molecule has 0 aromatic heterocycles. The number of hydrogen-bond acceptors (Lipinski definition) is 3. The third-order valence-electron chi connectivity index (χ3n) is 2.60. The SMILES string of the molecule is CCCCSc1cc2c(cc1C)OCCO2. The van der Waals surface area contributed by atoms with Gasteiger partial charge in [0.2, 0.25) is 0 Å². The second-order valence-electron chi connectivity index (χ2n) is 3.96. The number of ether oxygens (including phenoxy) is 2. The molecule has 1 aromatic rings. The van der Waals surface area contributed by atoms with Crippen molar-refractivity contribution < 1.29 is 9.47 Å². The largest absolute Gasteiger partial charge is 0.486 e. The molecule has 0 saturated heterocycles. The topological polar surface area (TPSA) is 18.5 Å². The van der Waals surface area contributed by atoms with E-state index in [4.69, 9.17) is 9.47 Å². The van der Waals surface area contributed by atoms with Gasteiger partial charge in [-0.3, -0.25) is 0 Å². The standard InChI is InChI=1S/C13H18O2S/c1-3-4-7-16-13-9-12-11(8-10(13)2)14-5-6-15-12/h8-9H,3-7H2,1-2H3. The van der Waals surface area contributed by atoms with Gasteiger partial charge in [0.25, 0.3) is 0 Å². The molecule has 0 spiro atoms. The molecule has 2 rings (SSSR count). The third kappa shape index (κ3) is 2.64. The highest BCUT2D eigenvalue weighted by Crippen LogP contribution is 2.37. The van der Waals surface area contributed by atoms with Crippen molar-refractivity contribution in [2.45, 2.75) is 31.6 Å². The van der Waals surface area contributed by atoms with Gasteiger partial charge >= 0.3 is 0 Å². The lowest BCUT2D eigenvalue weighted by atomic mass is 10.2. The predicted octanol–water partition coefficient (Wildman–Crippen LogP) is 3.66. The van der Waals surface area contributed by atoms with Crippen LogP contribution in [0.15, 0.2) is 17.0 Å². The van der Waals surface area contributed by atoms with E-state index in [1.807, 2.05) is 11.8 Å². The van der Waals surface area contributed by atoms with E-state index in [1.165, 1.54) is 29.1 Å². The van der Waals surface area contributed by atoms with Gasteiger partial charge in [0.05, 0.1) is 0 Å². The summed E-state index contributed by atoms with van der Waals surface area (Å²) in [6.07, 6.45) is 2.51. The van der Waals surface area contributed by atoms with Crippen LogP contribution in [0.25, 0.3) is 0 Å². The number of rotatable bonds is 4. The summed E-state index contributed by atoms with van der Waals surface area (Å²) in [4.78, 5) is 1.32. The first-order valence-electron chi connectivity index (χ1n) is 5.84. The molecule has 16 heavy (non-hydrogen) atoms. The Hall–Kier alpha value is -0.830. The fraction of sp³-hybridized carbons (Fsp3) is 0.538. The van der Waals surface area contributed by atoms with Crippen LogP contribution in [0, 0.1) is 6.92 Å². The van der Waals surface area contributed by atoms with Crippen LogP contribution in [0.5, 0.6) is 11.5 Å². The normalized spacial score (nSPS) is 13.9. The van der Waals surface area contributed by atoms with Gasteiger partial charge in [0, 0.05) is 4.90 Å². The molecule has 88 valence electrons. The molecule has 1 aliphatic rings. The van der Waals surface area contributed by atoms with Crippen molar-refractivity contribution in [1.29, 1.82) is 0 Å². The molecule has 3 heteroatoms. The summed E-state index contributed by atoms with van der Waals surface area (Å²) >= 11 is 1.91. The molecule has 0 radical (unpaired) electrons. The third-order valence-corrected chi connectivity index (χ3v) is 3.84. The Labute approximate surface area is 101 Å². The molecule has 2 nitrogen and oxygen atoms in total. The summed E-state index contributed by atoms with van der Waals surface area (Å²) in [6.45, 7) is 5.67. The Morgan fingerprint density at radius 1 is 1.19 bits per heavy atom. The van der Waals surface area contributed by atoms with Gasteiger partial charge in [-0.15, -0.1) is 11.8 Å². The number of unbranched alkanes of at least 4 members (excludes halogenated alkanes) is 1. The van der Waals surface area contributed by atoms with E-state index in [9.17, 15) is 0 Å². The highest BCUT2D eigenvalue weighted by molar-refractivity contribution is 7.99. The molecule has 0 amide bonds. The quantitative estimate of drug-likeness (QED) is 0.589. The van der Waals surface area contributed by atoms with Crippen LogP contribution in [-0.2, 0) is 0 Å². The van der Waals surface area contributed by atoms with Crippen LogP contribution >= 0.6 is 11.8 Å². The lowest BCUT2D eigenvalue weighted by Crippen LogP contribution is -2.15. The van der Waals surface area contributed by atoms with Crippen molar-refractivity contribution in [1.82, 2.24) is 0 Å². The van der Waals surface area contributed by atoms with Gasteiger partial charge in [-0.2, -0.15) is 0 Å². The minimum Gasteiger partial charge on any atom is -0.486 e. The lowest BCUT2D eigenvalue weighted by molar-refractivity contribution is 0.171. The number of fused-ring (bicyclic) bond motifs is 1. The molecule has 1 heterocycles. The Kier molecular flexibility index (Phi) is 3.99. The predicted molar refractivity (Wildman–Crippen MR) is 67.8 cm³/mol. The Bertz CT molecular complexity index is 363. The zero-order valence-electron chi connectivity index (χ0n) is 9.91. The zero-order chi connectivity index (χ0) is 11.4. The average Bonchev–Trinajstić information content (AvgIpc) is 2.30. The molecular formula is C13H18O2S. The number of hydrogen-bond donors (Lipinski definition) is 0. The van der Waals surface area contributed by atoms with Gasteiger partial charge in [0.15, 0.2) is 11.5 Å². The van der Waals surface area contributed by atoms with Crippen LogP contribution in [0.2, 0.25) is 0 Å². The second-order valence-corrected chi connectivity index (χ2v) is 5.10. The van der Waals surface area contributed by atoms with E-state index in [0.717, 1.165) is 11.5 Å². The monoisotopic (exact) mass is 238 g/mol. The molecule has 1 aliphatic heterocycles. The highest BCUT2D eigenvalue weighted by Gasteiger charge is 2.13. The summed E-state index contributed by atoms with van der Waals surface area (Å²) in [5, 5.41) is 0. The Morgan fingerprint density at radius 3 is 2.56 bits per heavy atom. The fourth-order valence-corrected chi connectivity index (χ4v) is 2.78. The maximum Gasteiger partial charge on any atom is 0.162 e. The number of benzene rings is 1. The van der Waals surface area contributed by atoms with Gasteiger partial charge in [0.1, 0.15) is 13.2 Å². The zero-order valence-corrected chi connectivity index (χ0v) is 10.7. The molecule has 0 unspecified atom stereocenters. The van der Waals surface area contributed by atoms with Gasteiger partial charge < -0.3 is 9.47 Å². The van der Waals surface area contributed by atoms with E-state index >= 15 is 0 Å². The maximum absolute atomic E-state index is 5.59. The lowest BCUT2D eigenvalue weighted by Gasteiger charge is -2.20. The molecule has 0 atom stereocenters. The first kappa shape index (κ1) is 11.6. The highest BCUT2D eigenvalue weighted by atomic mass is 32.2. The first-order valence-corrected chi connectivity index (χ1v) is 6.83. The minimum atomic E-state index is 0.661. The molecular weight excluding hydrogens is 220 g/mol. The van der Waals surface area contributed by atoms with Crippen LogP contribution < -0.4 is 9.47 Å². The molecule has 1 aromatic carbocycles. The fourth-order valence-electron chi connectivity index (χ4n) is 1.65. The van der Waals surface area contributed by atoms with Crippen LogP contribution in [0.1, 0.15) is 25.3 Å². The average molecular weight is 238 g/mol. The summed E-state index contributed by atoms with van der Waals surface area (Å²) in [5.41, 5.74) is 1.28. The number of thioether (sulfide) groups is 1. The number of aryl methyl sites for hydroxylation is 1. The van der Waals surface area contributed by atoms with Gasteiger partial charge in [-0.25, -0.2) is 0 Å². The van der Waals surface area contributed by atoms with Crippen molar-refractivity contribution in [3.05, 3.63) is 17.7 Å². The molecule has 0 saturated carbocycles. The van der Waals surface area contributed by atoms with Crippen LogP contribution in [0.3, 0.4) is 0 Å². The second kappa shape index (κ2) is 5.48. The molecule has 0 bridgehead atoms. The van der Waals surface area contributed by atoms with E-state index in [1.54, 1.807) is 0 Å². The summed E-state index contributed by atoms with van der Waals surface area (Å²) in [7, 11) is 0. The molecule has 0 fully saturated rings. The van der Waals surface area contributed by atoms with E-state index < -0.39 is 0 Å². The minimum absolute atomic E-state index is 0.661. The van der Waals surface area contributed by atoms with Crippen molar-refractivity contribution >= 4 is 11.8 Å². The summed E-state index contributed by atoms with van der Waals surface area (Å²) < 4.78 is 11.1. The van der Waals surface area contributed by atoms with E-state index in [-0.39, 0.29) is 0 Å². The van der Waals surface area contributed by atoms with Crippen molar-refractivity contribution in [3.8, 4) is 11.5 Å². The molecule has 0 aliphatic carbocycles. The maximum atomic E-state index is 5.59. The summed E-state index contributed by atoms with van der Waals surface area (Å²) in [6, 6.07) is 4.20. The van der Waals surface area contributed by atoms with Crippen molar-refractivity contribution in [3.63, 3.8) is 0 Å². The van der Waals surface area contributed by atoms with E-state index in [2.05, 4.69) is 26.0 Å². The van der Waals surface area contributed by atoms with Crippen molar-refractivity contribution in [2.75, 3.05) is 19.0 Å². The van der Waals surface area contributed by atoms with Gasteiger partial charge in [-0.05, 0) is 36.8 Å². The molecule has 0 N–H and O–H groups in total. The van der Waals surface area contributed by atoms with Crippen molar-refractivity contribution in [2.24, 2.45) is 0 Å². The summed E-state index contributed by atoms with van der Waals surface area (Å²) in [5.74, 6) is 2.97. The van der Waals surface area contributed by atoms with Crippen LogP contribution in [0.4, 0.5) is 0 Å².